The maximum Gasteiger partial charge on any atom is 0.311 e. The van der Waals surface area contributed by atoms with Gasteiger partial charge in [0.15, 0.2) is 5.75 Å². The predicted octanol–water partition coefficient (Wildman–Crippen LogP) is 1.81. The summed E-state index contributed by atoms with van der Waals surface area (Å²) in [4.78, 5) is 26.2. The highest BCUT2D eigenvalue weighted by molar-refractivity contribution is 14.1. The fraction of sp³-hybridized carbons (Fsp3) is 0.167. The summed E-state index contributed by atoms with van der Waals surface area (Å²) in [5.41, 5.74) is 0.319. The molecule has 0 aliphatic carbocycles. The maximum absolute atomic E-state index is 11.9. The van der Waals surface area contributed by atoms with Crippen molar-refractivity contribution in [3.8, 4) is 5.75 Å². The van der Waals surface area contributed by atoms with E-state index in [4.69, 9.17) is 4.74 Å². The van der Waals surface area contributed by atoms with Gasteiger partial charge in [-0.15, -0.1) is 0 Å². The second-order valence-corrected chi connectivity index (χ2v) is 5.10. The standard InChI is InChI=1S/C12H10IN3O4/c1-20-11-3-2-8(4-10(11)16(18)19)6-15-7-14-5-9(13)12(15)17/h2-5,7H,6H2,1H3. The molecule has 1 aromatic heterocycles. The Morgan fingerprint density at radius 3 is 2.90 bits per heavy atom. The Labute approximate surface area is 127 Å². The van der Waals surface area contributed by atoms with Crippen LogP contribution in [0.5, 0.6) is 5.75 Å². The summed E-state index contributed by atoms with van der Waals surface area (Å²) < 4.78 is 6.82. The van der Waals surface area contributed by atoms with Gasteiger partial charge < -0.3 is 4.74 Å². The Morgan fingerprint density at radius 2 is 2.25 bits per heavy atom. The molecule has 0 amide bonds. The molecule has 1 aromatic carbocycles. The lowest BCUT2D eigenvalue weighted by molar-refractivity contribution is -0.385. The van der Waals surface area contributed by atoms with Crippen molar-refractivity contribution >= 4 is 28.3 Å². The molecular weight excluding hydrogens is 377 g/mol. The molecule has 0 radical (unpaired) electrons. The molecule has 0 unspecified atom stereocenters. The van der Waals surface area contributed by atoms with Crippen LogP contribution in [-0.2, 0) is 6.54 Å². The Balaban J connectivity index is 2.39. The largest absolute Gasteiger partial charge is 0.490 e. The van der Waals surface area contributed by atoms with Gasteiger partial charge in [0.1, 0.15) is 0 Å². The highest BCUT2D eigenvalue weighted by Gasteiger charge is 2.15. The first-order valence-electron chi connectivity index (χ1n) is 5.54. The van der Waals surface area contributed by atoms with E-state index < -0.39 is 4.92 Å². The average Bonchev–Trinajstić information content (AvgIpc) is 2.43. The van der Waals surface area contributed by atoms with Crippen molar-refractivity contribution in [3.63, 3.8) is 0 Å². The van der Waals surface area contributed by atoms with E-state index in [2.05, 4.69) is 4.98 Å². The first-order chi connectivity index (χ1) is 9.52. The van der Waals surface area contributed by atoms with Crippen molar-refractivity contribution in [2.24, 2.45) is 0 Å². The van der Waals surface area contributed by atoms with Gasteiger partial charge in [0.05, 0.1) is 28.5 Å². The molecule has 0 aliphatic heterocycles. The number of aromatic nitrogens is 2. The van der Waals surface area contributed by atoms with Crippen molar-refractivity contribution < 1.29 is 9.66 Å². The third-order valence-corrected chi connectivity index (χ3v) is 3.39. The molecule has 0 atom stereocenters. The second kappa shape index (κ2) is 5.99. The van der Waals surface area contributed by atoms with Crippen LogP contribution in [0.3, 0.4) is 0 Å². The van der Waals surface area contributed by atoms with Crippen LogP contribution >= 0.6 is 22.6 Å². The van der Waals surface area contributed by atoms with Gasteiger partial charge in [0.25, 0.3) is 5.56 Å². The molecule has 0 fully saturated rings. The van der Waals surface area contributed by atoms with Crippen LogP contribution in [0.1, 0.15) is 5.56 Å². The van der Waals surface area contributed by atoms with Crippen LogP contribution in [0.2, 0.25) is 0 Å². The lowest BCUT2D eigenvalue weighted by Crippen LogP contribution is -2.22. The minimum Gasteiger partial charge on any atom is -0.490 e. The number of hydrogen-bond acceptors (Lipinski definition) is 5. The predicted molar refractivity (Wildman–Crippen MR) is 80.0 cm³/mol. The first-order valence-corrected chi connectivity index (χ1v) is 6.62. The lowest BCUT2D eigenvalue weighted by atomic mass is 10.2. The van der Waals surface area contributed by atoms with E-state index in [0.29, 0.717) is 9.13 Å². The molecule has 0 spiro atoms. The molecule has 0 aliphatic rings. The fourth-order valence-electron chi connectivity index (χ4n) is 1.71. The van der Waals surface area contributed by atoms with Crippen molar-refractivity contribution in [2.45, 2.75) is 6.54 Å². The summed E-state index contributed by atoms with van der Waals surface area (Å²) in [6.07, 6.45) is 2.87. The number of halogens is 1. The van der Waals surface area contributed by atoms with E-state index in [1.807, 2.05) is 22.6 Å². The number of hydrogen-bond donors (Lipinski definition) is 0. The number of methoxy groups -OCH3 is 1. The SMILES string of the molecule is COc1ccc(Cn2cncc(I)c2=O)cc1[N+](=O)[O-]. The van der Waals surface area contributed by atoms with Crippen molar-refractivity contribution in [3.05, 3.63) is 60.3 Å². The number of ether oxygens (including phenoxy) is 1. The third-order valence-electron chi connectivity index (χ3n) is 2.65. The van der Waals surface area contributed by atoms with Crippen molar-refractivity contribution in [2.75, 3.05) is 7.11 Å². The minimum atomic E-state index is -0.516. The van der Waals surface area contributed by atoms with Crippen LogP contribution in [-0.4, -0.2) is 21.6 Å². The summed E-state index contributed by atoms with van der Waals surface area (Å²) in [5.74, 6) is 0.187. The maximum atomic E-state index is 11.9. The van der Waals surface area contributed by atoms with Gasteiger partial charge in [-0.1, -0.05) is 6.07 Å². The average molecular weight is 387 g/mol. The van der Waals surface area contributed by atoms with Gasteiger partial charge in [0.2, 0.25) is 0 Å². The monoisotopic (exact) mass is 387 g/mol. The number of nitrogens with zero attached hydrogens (tertiary/aromatic N) is 3. The van der Waals surface area contributed by atoms with Gasteiger partial charge in [-0.2, -0.15) is 0 Å². The molecule has 7 nitrogen and oxygen atoms in total. The molecule has 2 rings (SSSR count). The quantitative estimate of drug-likeness (QED) is 0.454. The number of rotatable bonds is 4. The zero-order chi connectivity index (χ0) is 14.7. The van der Waals surface area contributed by atoms with Crippen LogP contribution in [0.15, 0.2) is 35.5 Å². The molecule has 20 heavy (non-hydrogen) atoms. The molecule has 8 heteroatoms. The summed E-state index contributed by atoms with van der Waals surface area (Å²) in [5, 5.41) is 10.9. The molecule has 1 heterocycles. The third kappa shape index (κ3) is 2.95. The van der Waals surface area contributed by atoms with Crippen molar-refractivity contribution in [1.82, 2.24) is 9.55 Å². The smallest absolute Gasteiger partial charge is 0.311 e. The van der Waals surface area contributed by atoms with Crippen LogP contribution < -0.4 is 10.3 Å². The van der Waals surface area contributed by atoms with Crippen LogP contribution in [0.25, 0.3) is 0 Å². The first kappa shape index (κ1) is 14.4. The highest BCUT2D eigenvalue weighted by atomic mass is 127. The second-order valence-electron chi connectivity index (χ2n) is 3.94. The van der Waals surface area contributed by atoms with Crippen LogP contribution in [0, 0.1) is 13.7 Å². The molecular formula is C12H10IN3O4. The Morgan fingerprint density at radius 1 is 1.50 bits per heavy atom. The molecule has 104 valence electrons. The summed E-state index contributed by atoms with van der Waals surface area (Å²) >= 11 is 1.90. The van der Waals surface area contributed by atoms with E-state index in [-0.39, 0.29) is 23.5 Å². The number of benzene rings is 1. The van der Waals surface area contributed by atoms with Gasteiger partial charge in [-0.25, -0.2) is 4.98 Å². The zero-order valence-corrected chi connectivity index (χ0v) is 12.6. The number of nitro benzene ring substituents is 1. The van der Waals surface area contributed by atoms with Gasteiger partial charge in [-0.3, -0.25) is 19.5 Å². The van der Waals surface area contributed by atoms with E-state index in [9.17, 15) is 14.9 Å². The van der Waals surface area contributed by atoms with Crippen LogP contribution in [0.4, 0.5) is 5.69 Å². The molecule has 0 bridgehead atoms. The Kier molecular flexibility index (Phi) is 4.32. The highest BCUT2D eigenvalue weighted by Crippen LogP contribution is 2.27. The van der Waals surface area contributed by atoms with E-state index in [1.54, 1.807) is 6.07 Å². The van der Waals surface area contributed by atoms with E-state index in [0.717, 1.165) is 0 Å². The lowest BCUT2D eigenvalue weighted by Gasteiger charge is -2.07. The minimum absolute atomic E-state index is 0.128. The summed E-state index contributed by atoms with van der Waals surface area (Å²) in [7, 11) is 1.37. The van der Waals surface area contributed by atoms with E-state index >= 15 is 0 Å². The van der Waals surface area contributed by atoms with E-state index in [1.165, 1.54) is 36.3 Å². The fourth-order valence-corrected chi connectivity index (χ4v) is 2.18. The number of nitro groups is 1. The normalized spacial score (nSPS) is 10.3. The van der Waals surface area contributed by atoms with Gasteiger partial charge in [-0.05, 0) is 34.2 Å². The zero-order valence-electron chi connectivity index (χ0n) is 10.4. The van der Waals surface area contributed by atoms with Crippen molar-refractivity contribution in [1.29, 1.82) is 0 Å². The summed E-state index contributed by atoms with van der Waals surface area (Å²) in [6, 6.07) is 4.59. The van der Waals surface area contributed by atoms with Gasteiger partial charge in [0, 0.05) is 12.3 Å². The topological polar surface area (TPSA) is 87.3 Å². The molecule has 2 aromatic rings. The van der Waals surface area contributed by atoms with Gasteiger partial charge >= 0.3 is 5.69 Å². The summed E-state index contributed by atoms with van der Waals surface area (Å²) in [6.45, 7) is 0.216. The molecule has 0 saturated carbocycles. The molecule has 0 N–H and O–H groups in total. The Bertz CT molecular complexity index is 714. The molecule has 0 saturated heterocycles. The Hall–Kier alpha value is -1.97.